The van der Waals surface area contributed by atoms with Crippen molar-refractivity contribution in [2.45, 2.75) is 40.2 Å². The summed E-state index contributed by atoms with van der Waals surface area (Å²) in [6.07, 6.45) is 1.47. The van der Waals surface area contributed by atoms with Gasteiger partial charge in [0.2, 0.25) is 0 Å². The second kappa shape index (κ2) is 7.20. The lowest BCUT2D eigenvalue weighted by atomic mass is 9.93. The van der Waals surface area contributed by atoms with Gasteiger partial charge < -0.3 is 15.4 Å². The van der Waals surface area contributed by atoms with Gasteiger partial charge in [0.25, 0.3) is 0 Å². The molecule has 0 amide bonds. The first-order valence-corrected chi connectivity index (χ1v) is 5.90. The highest BCUT2D eigenvalue weighted by Crippen LogP contribution is 2.15. The van der Waals surface area contributed by atoms with Crippen LogP contribution >= 0.6 is 0 Å². The second-order valence-electron chi connectivity index (χ2n) is 5.15. The van der Waals surface area contributed by atoms with Crippen molar-refractivity contribution in [2.75, 3.05) is 33.3 Å². The predicted molar refractivity (Wildman–Crippen MR) is 66.0 cm³/mol. The van der Waals surface area contributed by atoms with Crippen molar-refractivity contribution in [2.24, 2.45) is 11.1 Å². The molecule has 3 nitrogen and oxygen atoms in total. The van der Waals surface area contributed by atoms with Crippen molar-refractivity contribution in [3.8, 4) is 0 Å². The molecule has 0 rings (SSSR count). The van der Waals surface area contributed by atoms with Crippen LogP contribution < -0.4 is 5.73 Å². The van der Waals surface area contributed by atoms with E-state index in [9.17, 15) is 0 Å². The number of rotatable bonds is 8. The monoisotopic (exact) mass is 216 g/mol. The zero-order valence-electron chi connectivity index (χ0n) is 11.0. The summed E-state index contributed by atoms with van der Waals surface area (Å²) in [6.45, 7) is 12.6. The Morgan fingerprint density at radius 3 is 2.40 bits per heavy atom. The fourth-order valence-corrected chi connectivity index (χ4v) is 1.66. The molecule has 0 aliphatic heterocycles. The molecular weight excluding hydrogens is 188 g/mol. The van der Waals surface area contributed by atoms with Crippen molar-refractivity contribution >= 4 is 0 Å². The Kier molecular flexibility index (Phi) is 7.14. The van der Waals surface area contributed by atoms with E-state index in [2.05, 4.69) is 32.6 Å². The maximum atomic E-state index is 5.76. The van der Waals surface area contributed by atoms with Crippen molar-refractivity contribution in [3.63, 3.8) is 0 Å². The first kappa shape index (κ1) is 14.9. The molecule has 0 aromatic heterocycles. The summed E-state index contributed by atoms with van der Waals surface area (Å²) < 4.78 is 5.30. The van der Waals surface area contributed by atoms with Gasteiger partial charge in [-0.25, -0.2) is 0 Å². The van der Waals surface area contributed by atoms with Gasteiger partial charge in [-0.05, 0) is 31.8 Å². The zero-order valence-corrected chi connectivity index (χ0v) is 11.0. The van der Waals surface area contributed by atoms with E-state index in [1.54, 1.807) is 7.11 Å². The Bertz CT molecular complexity index is 160. The largest absolute Gasteiger partial charge is 0.380 e. The minimum Gasteiger partial charge on any atom is -0.380 e. The van der Waals surface area contributed by atoms with Gasteiger partial charge in [-0.3, -0.25) is 0 Å². The molecule has 0 spiro atoms. The van der Waals surface area contributed by atoms with Gasteiger partial charge in [-0.1, -0.05) is 20.8 Å². The third-order valence-electron chi connectivity index (χ3n) is 2.66. The molecule has 0 aromatic carbocycles. The summed E-state index contributed by atoms with van der Waals surface area (Å²) in [5.41, 5.74) is 5.95. The summed E-state index contributed by atoms with van der Waals surface area (Å²) in [6, 6.07) is 0. The number of hydrogen-bond donors (Lipinski definition) is 1. The summed E-state index contributed by atoms with van der Waals surface area (Å²) in [7, 11) is 1.77. The highest BCUT2D eigenvalue weighted by atomic mass is 16.5. The number of nitrogens with zero attached hydrogens (tertiary/aromatic N) is 1. The normalized spacial score (nSPS) is 14.6. The van der Waals surface area contributed by atoms with E-state index in [1.807, 2.05) is 0 Å². The highest BCUT2D eigenvalue weighted by molar-refractivity contribution is 4.75. The molecule has 92 valence electrons. The van der Waals surface area contributed by atoms with Crippen LogP contribution in [0.2, 0.25) is 0 Å². The van der Waals surface area contributed by atoms with E-state index in [4.69, 9.17) is 10.5 Å². The fraction of sp³-hybridized carbons (Fsp3) is 1.00. The molecular formula is C12H28N2O. The zero-order chi connectivity index (χ0) is 11.9. The lowest BCUT2D eigenvalue weighted by Gasteiger charge is -2.32. The number of nitrogens with two attached hydrogens (primary N) is 1. The standard InChI is InChI=1S/C12H28N2O/c1-6-7-14(8-11(2)15-5)10-12(3,4)9-13/h11H,6-10,13H2,1-5H3. The van der Waals surface area contributed by atoms with Crippen molar-refractivity contribution < 1.29 is 4.74 Å². The third kappa shape index (κ3) is 6.88. The summed E-state index contributed by atoms with van der Waals surface area (Å²) in [5, 5.41) is 0. The maximum absolute atomic E-state index is 5.76. The minimum atomic E-state index is 0.197. The van der Waals surface area contributed by atoms with Gasteiger partial charge in [-0.2, -0.15) is 0 Å². The van der Waals surface area contributed by atoms with E-state index >= 15 is 0 Å². The molecule has 1 atom stereocenters. The van der Waals surface area contributed by atoms with Gasteiger partial charge in [0.15, 0.2) is 0 Å². The minimum absolute atomic E-state index is 0.197. The maximum Gasteiger partial charge on any atom is 0.0670 e. The summed E-state index contributed by atoms with van der Waals surface area (Å²) >= 11 is 0. The van der Waals surface area contributed by atoms with Crippen LogP contribution in [0.1, 0.15) is 34.1 Å². The van der Waals surface area contributed by atoms with Crippen LogP contribution in [-0.2, 0) is 4.74 Å². The first-order valence-electron chi connectivity index (χ1n) is 5.90. The molecule has 3 heteroatoms. The Labute approximate surface area is 95.0 Å². The topological polar surface area (TPSA) is 38.5 Å². The summed E-state index contributed by atoms with van der Waals surface area (Å²) in [5.74, 6) is 0. The van der Waals surface area contributed by atoms with E-state index in [-0.39, 0.29) is 5.41 Å². The molecule has 0 bridgehead atoms. The van der Waals surface area contributed by atoms with Gasteiger partial charge in [0.05, 0.1) is 6.10 Å². The van der Waals surface area contributed by atoms with Crippen LogP contribution in [0.15, 0.2) is 0 Å². The van der Waals surface area contributed by atoms with Gasteiger partial charge >= 0.3 is 0 Å². The fourth-order valence-electron chi connectivity index (χ4n) is 1.66. The molecule has 15 heavy (non-hydrogen) atoms. The van der Waals surface area contributed by atoms with Crippen molar-refractivity contribution in [3.05, 3.63) is 0 Å². The first-order chi connectivity index (χ1) is 6.95. The number of ether oxygens (including phenoxy) is 1. The molecule has 0 radical (unpaired) electrons. The Hall–Kier alpha value is -0.120. The van der Waals surface area contributed by atoms with Crippen molar-refractivity contribution in [1.82, 2.24) is 4.90 Å². The van der Waals surface area contributed by atoms with Crippen LogP contribution in [-0.4, -0.2) is 44.3 Å². The van der Waals surface area contributed by atoms with Gasteiger partial charge in [0, 0.05) is 20.2 Å². The van der Waals surface area contributed by atoms with Crippen LogP contribution in [0.3, 0.4) is 0 Å². The van der Waals surface area contributed by atoms with E-state index in [0.717, 1.165) is 26.2 Å². The lowest BCUT2D eigenvalue weighted by molar-refractivity contribution is 0.0629. The molecule has 0 saturated carbocycles. The molecule has 0 heterocycles. The smallest absolute Gasteiger partial charge is 0.0670 e. The highest BCUT2D eigenvalue weighted by Gasteiger charge is 2.20. The van der Waals surface area contributed by atoms with Crippen LogP contribution in [0.5, 0.6) is 0 Å². The quantitative estimate of drug-likeness (QED) is 0.671. The van der Waals surface area contributed by atoms with E-state index in [1.165, 1.54) is 6.42 Å². The molecule has 0 fully saturated rings. The number of hydrogen-bond acceptors (Lipinski definition) is 3. The third-order valence-corrected chi connectivity index (χ3v) is 2.66. The lowest BCUT2D eigenvalue weighted by Crippen LogP contribution is -2.42. The Morgan fingerprint density at radius 1 is 1.40 bits per heavy atom. The molecule has 1 unspecified atom stereocenters. The van der Waals surface area contributed by atoms with E-state index < -0.39 is 0 Å². The molecule has 0 aliphatic carbocycles. The second-order valence-corrected chi connectivity index (χ2v) is 5.15. The average Bonchev–Trinajstić information content (AvgIpc) is 2.17. The molecule has 0 aromatic rings. The Balaban J connectivity index is 4.14. The molecule has 0 saturated heterocycles. The van der Waals surface area contributed by atoms with Crippen molar-refractivity contribution in [1.29, 1.82) is 0 Å². The van der Waals surface area contributed by atoms with Crippen LogP contribution in [0.25, 0.3) is 0 Å². The van der Waals surface area contributed by atoms with E-state index in [0.29, 0.717) is 6.10 Å². The molecule has 0 aliphatic rings. The Morgan fingerprint density at radius 2 is 2.00 bits per heavy atom. The molecule has 2 N–H and O–H groups in total. The van der Waals surface area contributed by atoms with Crippen LogP contribution in [0.4, 0.5) is 0 Å². The summed E-state index contributed by atoms with van der Waals surface area (Å²) in [4.78, 5) is 2.45. The van der Waals surface area contributed by atoms with Gasteiger partial charge in [0.1, 0.15) is 0 Å². The number of methoxy groups -OCH3 is 1. The van der Waals surface area contributed by atoms with Gasteiger partial charge in [-0.15, -0.1) is 0 Å². The predicted octanol–water partition coefficient (Wildman–Crippen LogP) is 1.72. The SMILES string of the molecule is CCCN(CC(C)OC)CC(C)(C)CN. The average molecular weight is 216 g/mol. The van der Waals surface area contributed by atoms with Crippen LogP contribution in [0, 0.1) is 5.41 Å².